The maximum Gasteiger partial charge on any atom is 0.251 e. The Labute approximate surface area is 126 Å². The van der Waals surface area contributed by atoms with Crippen LogP contribution in [0.4, 0.5) is 5.69 Å². The number of hydrogen-bond acceptors (Lipinski definition) is 2. The van der Waals surface area contributed by atoms with Crippen molar-refractivity contribution in [1.29, 1.82) is 0 Å². The van der Waals surface area contributed by atoms with E-state index in [9.17, 15) is 4.79 Å². The van der Waals surface area contributed by atoms with Gasteiger partial charge in [0.25, 0.3) is 5.91 Å². The van der Waals surface area contributed by atoms with E-state index in [0.717, 1.165) is 30.8 Å². The summed E-state index contributed by atoms with van der Waals surface area (Å²) in [6.45, 7) is 5.93. The van der Waals surface area contributed by atoms with Crippen LogP contribution in [0.15, 0.2) is 36.5 Å². The fourth-order valence-electron chi connectivity index (χ4n) is 2.46. The fourth-order valence-corrected chi connectivity index (χ4v) is 2.46. The molecule has 2 aromatic rings. The van der Waals surface area contributed by atoms with Gasteiger partial charge in [-0.3, -0.25) is 4.79 Å². The Bertz CT molecular complexity index is 616. The van der Waals surface area contributed by atoms with Crippen molar-refractivity contribution in [2.75, 3.05) is 12.4 Å². The Hall–Kier alpha value is -2.23. The molecule has 1 aromatic heterocycles. The van der Waals surface area contributed by atoms with Crippen molar-refractivity contribution in [3.05, 3.63) is 53.3 Å². The molecule has 0 radical (unpaired) electrons. The highest BCUT2D eigenvalue weighted by Gasteiger charge is 2.10. The second kappa shape index (κ2) is 6.97. The van der Waals surface area contributed by atoms with E-state index in [1.54, 1.807) is 7.05 Å². The number of anilines is 1. The average Bonchev–Trinajstić information content (AvgIpc) is 2.93. The van der Waals surface area contributed by atoms with E-state index in [2.05, 4.69) is 40.5 Å². The molecule has 4 nitrogen and oxygen atoms in total. The highest BCUT2D eigenvalue weighted by Crippen LogP contribution is 2.20. The molecule has 21 heavy (non-hydrogen) atoms. The topological polar surface area (TPSA) is 46.1 Å². The molecule has 1 heterocycles. The summed E-state index contributed by atoms with van der Waals surface area (Å²) in [5.74, 6) is -0.0505. The van der Waals surface area contributed by atoms with Crippen LogP contribution in [0.1, 0.15) is 35.0 Å². The van der Waals surface area contributed by atoms with Gasteiger partial charge in [-0.05, 0) is 43.2 Å². The number of amides is 1. The Morgan fingerprint density at radius 2 is 2.05 bits per heavy atom. The van der Waals surface area contributed by atoms with Crippen molar-refractivity contribution in [2.45, 2.75) is 33.4 Å². The molecule has 0 spiro atoms. The number of nitrogens with one attached hydrogen (secondary N) is 2. The van der Waals surface area contributed by atoms with Crippen LogP contribution >= 0.6 is 0 Å². The van der Waals surface area contributed by atoms with E-state index in [-0.39, 0.29) is 5.91 Å². The molecule has 2 N–H and O–H groups in total. The molecule has 0 fully saturated rings. The predicted molar refractivity (Wildman–Crippen MR) is 86.6 cm³/mol. The third-order valence-electron chi connectivity index (χ3n) is 3.65. The maximum absolute atomic E-state index is 11.8. The molecule has 0 atom stereocenters. The first kappa shape index (κ1) is 15.2. The van der Waals surface area contributed by atoms with Gasteiger partial charge in [0.2, 0.25) is 0 Å². The summed E-state index contributed by atoms with van der Waals surface area (Å²) < 4.78 is 2.25. The molecule has 112 valence electrons. The van der Waals surface area contributed by atoms with Gasteiger partial charge in [-0.25, -0.2) is 0 Å². The van der Waals surface area contributed by atoms with Crippen LogP contribution in [-0.4, -0.2) is 17.5 Å². The van der Waals surface area contributed by atoms with Gasteiger partial charge < -0.3 is 15.2 Å². The van der Waals surface area contributed by atoms with Crippen molar-refractivity contribution in [2.24, 2.45) is 0 Å². The fraction of sp³-hybridized carbons (Fsp3) is 0.353. The van der Waals surface area contributed by atoms with Crippen molar-refractivity contribution in [1.82, 2.24) is 9.88 Å². The Balaban J connectivity index is 2.13. The Morgan fingerprint density at radius 1 is 1.24 bits per heavy atom. The van der Waals surface area contributed by atoms with Crippen LogP contribution in [0.3, 0.4) is 0 Å². The van der Waals surface area contributed by atoms with Crippen molar-refractivity contribution in [3.8, 4) is 0 Å². The maximum atomic E-state index is 11.8. The molecule has 0 aliphatic rings. The van der Waals surface area contributed by atoms with Gasteiger partial charge in [0, 0.05) is 36.7 Å². The lowest BCUT2D eigenvalue weighted by atomic mass is 10.1. The largest absolute Gasteiger partial charge is 0.379 e. The first-order chi connectivity index (χ1) is 10.2. The number of hydrogen-bond donors (Lipinski definition) is 2. The van der Waals surface area contributed by atoms with E-state index in [0.29, 0.717) is 5.56 Å². The number of carbonyl (C=O) groups is 1. The van der Waals surface area contributed by atoms with Crippen LogP contribution in [0.2, 0.25) is 0 Å². The standard InChI is InChI=1S/C17H23N3O/c1-4-10-20-11-6-7-14(20)12-19-16-9-5-8-15(13(16)2)17(21)18-3/h5-9,11,19H,4,10,12H2,1-3H3,(H,18,21). The van der Waals surface area contributed by atoms with E-state index in [4.69, 9.17) is 0 Å². The first-order valence-corrected chi connectivity index (χ1v) is 7.37. The van der Waals surface area contributed by atoms with Gasteiger partial charge in [-0.15, -0.1) is 0 Å². The van der Waals surface area contributed by atoms with Crippen molar-refractivity contribution in [3.63, 3.8) is 0 Å². The molecule has 0 unspecified atom stereocenters. The third kappa shape index (κ3) is 3.45. The molecule has 0 saturated heterocycles. The Kier molecular flexibility index (Phi) is 5.04. The first-order valence-electron chi connectivity index (χ1n) is 7.37. The number of aryl methyl sites for hydroxylation is 1. The van der Waals surface area contributed by atoms with Crippen molar-refractivity contribution < 1.29 is 4.79 Å². The molecule has 1 aromatic carbocycles. The molecule has 0 bridgehead atoms. The zero-order valence-corrected chi connectivity index (χ0v) is 12.9. The second-order valence-electron chi connectivity index (χ2n) is 5.10. The number of aromatic nitrogens is 1. The molecule has 2 rings (SSSR count). The van der Waals surface area contributed by atoms with Gasteiger partial charge in [0.1, 0.15) is 0 Å². The second-order valence-corrected chi connectivity index (χ2v) is 5.10. The quantitative estimate of drug-likeness (QED) is 0.856. The van der Waals surface area contributed by atoms with Gasteiger partial charge in [0.05, 0.1) is 6.54 Å². The van der Waals surface area contributed by atoms with Crippen LogP contribution in [0.25, 0.3) is 0 Å². The summed E-state index contributed by atoms with van der Waals surface area (Å²) in [5, 5.41) is 6.11. The van der Waals surface area contributed by atoms with E-state index in [1.165, 1.54) is 5.69 Å². The zero-order chi connectivity index (χ0) is 15.2. The normalized spacial score (nSPS) is 10.4. The molecule has 0 aliphatic carbocycles. The number of nitrogens with zero attached hydrogens (tertiary/aromatic N) is 1. The monoisotopic (exact) mass is 285 g/mol. The third-order valence-corrected chi connectivity index (χ3v) is 3.65. The predicted octanol–water partition coefficient (Wildman–Crippen LogP) is 3.18. The van der Waals surface area contributed by atoms with E-state index >= 15 is 0 Å². The summed E-state index contributed by atoms with van der Waals surface area (Å²) >= 11 is 0. The zero-order valence-electron chi connectivity index (χ0n) is 12.9. The number of rotatable bonds is 6. The summed E-state index contributed by atoms with van der Waals surface area (Å²) in [7, 11) is 1.65. The molecular weight excluding hydrogens is 262 g/mol. The van der Waals surface area contributed by atoms with Gasteiger partial charge in [-0.2, -0.15) is 0 Å². The minimum Gasteiger partial charge on any atom is -0.379 e. The lowest BCUT2D eigenvalue weighted by Gasteiger charge is -2.14. The molecular formula is C17H23N3O. The smallest absolute Gasteiger partial charge is 0.251 e. The highest BCUT2D eigenvalue weighted by atomic mass is 16.1. The lowest BCUT2D eigenvalue weighted by molar-refractivity contribution is 0.0962. The SMILES string of the molecule is CCCn1cccc1CNc1cccc(C(=O)NC)c1C. The summed E-state index contributed by atoms with van der Waals surface area (Å²) in [4.78, 5) is 11.8. The number of benzene rings is 1. The van der Waals surface area contributed by atoms with Gasteiger partial charge in [-0.1, -0.05) is 13.0 Å². The molecule has 0 aliphatic heterocycles. The number of carbonyl (C=O) groups excluding carboxylic acids is 1. The minimum absolute atomic E-state index is 0.0505. The average molecular weight is 285 g/mol. The summed E-state index contributed by atoms with van der Waals surface area (Å²) in [5.41, 5.74) is 3.94. The summed E-state index contributed by atoms with van der Waals surface area (Å²) in [6, 6.07) is 9.96. The van der Waals surface area contributed by atoms with Crippen LogP contribution < -0.4 is 10.6 Å². The van der Waals surface area contributed by atoms with Crippen LogP contribution in [0, 0.1) is 6.92 Å². The molecule has 0 saturated carbocycles. The van der Waals surface area contributed by atoms with Crippen LogP contribution in [-0.2, 0) is 13.1 Å². The lowest BCUT2D eigenvalue weighted by Crippen LogP contribution is -2.19. The van der Waals surface area contributed by atoms with E-state index in [1.807, 2.05) is 25.1 Å². The highest BCUT2D eigenvalue weighted by molar-refractivity contribution is 5.96. The minimum atomic E-state index is -0.0505. The Morgan fingerprint density at radius 3 is 2.76 bits per heavy atom. The molecule has 4 heteroatoms. The van der Waals surface area contributed by atoms with Gasteiger partial charge >= 0.3 is 0 Å². The van der Waals surface area contributed by atoms with Gasteiger partial charge in [0.15, 0.2) is 0 Å². The molecule has 1 amide bonds. The summed E-state index contributed by atoms with van der Waals surface area (Å²) in [6.07, 6.45) is 3.22. The van der Waals surface area contributed by atoms with Crippen molar-refractivity contribution >= 4 is 11.6 Å². The van der Waals surface area contributed by atoms with E-state index < -0.39 is 0 Å². The van der Waals surface area contributed by atoms with Crippen LogP contribution in [0.5, 0.6) is 0 Å².